The van der Waals surface area contributed by atoms with Crippen molar-refractivity contribution in [3.8, 4) is 6.07 Å². The molecular weight excluding hydrogens is 236 g/mol. The van der Waals surface area contributed by atoms with Crippen LogP contribution in [0.1, 0.15) is 25.8 Å². The van der Waals surface area contributed by atoms with Crippen molar-refractivity contribution in [1.29, 1.82) is 5.26 Å². The highest BCUT2D eigenvalue weighted by Gasteiger charge is 2.47. The highest BCUT2D eigenvalue weighted by Crippen LogP contribution is 2.42. The molecule has 0 saturated heterocycles. The van der Waals surface area contributed by atoms with E-state index in [2.05, 4.69) is 11.4 Å². The first-order valence-corrected chi connectivity index (χ1v) is 5.97. The Hall–Kier alpha value is -1.24. The van der Waals surface area contributed by atoms with Crippen molar-refractivity contribution in [3.05, 3.63) is 28.8 Å². The summed E-state index contributed by atoms with van der Waals surface area (Å²) in [6.07, 6.45) is 0.411. The summed E-state index contributed by atoms with van der Waals surface area (Å²) in [7, 11) is 0. The van der Waals surface area contributed by atoms with Crippen LogP contribution in [0.3, 0.4) is 0 Å². The number of hydrogen-bond acceptors (Lipinski definition) is 3. The molecule has 90 valence electrons. The van der Waals surface area contributed by atoms with E-state index < -0.39 is 0 Å². The summed E-state index contributed by atoms with van der Waals surface area (Å²) < 4.78 is 0. The molecule has 0 bridgehead atoms. The Morgan fingerprint density at radius 3 is 2.76 bits per heavy atom. The molecule has 1 saturated carbocycles. The van der Waals surface area contributed by atoms with Gasteiger partial charge in [-0.05, 0) is 24.6 Å². The van der Waals surface area contributed by atoms with E-state index in [1.54, 1.807) is 18.2 Å². The van der Waals surface area contributed by atoms with E-state index >= 15 is 0 Å². The van der Waals surface area contributed by atoms with Gasteiger partial charge in [-0.25, -0.2) is 0 Å². The van der Waals surface area contributed by atoms with E-state index in [0.717, 1.165) is 5.69 Å². The van der Waals surface area contributed by atoms with Crippen molar-refractivity contribution in [3.63, 3.8) is 0 Å². The lowest BCUT2D eigenvalue weighted by Crippen LogP contribution is -2.56. The standard InChI is InChI=1S/C13H15ClN2O/c1-13(2)11(6-12(13)17)16-10-5-9(14)4-3-8(10)7-15/h3-5,11-12,16-17H,6H2,1-2H3. The lowest BCUT2D eigenvalue weighted by Gasteiger charge is -2.50. The van der Waals surface area contributed by atoms with Crippen LogP contribution in [0.25, 0.3) is 0 Å². The molecule has 4 heteroatoms. The SMILES string of the molecule is CC1(C)C(O)CC1Nc1cc(Cl)ccc1C#N. The minimum absolute atomic E-state index is 0.170. The number of anilines is 1. The zero-order valence-corrected chi connectivity index (χ0v) is 10.6. The highest BCUT2D eigenvalue weighted by molar-refractivity contribution is 6.30. The Morgan fingerprint density at radius 1 is 1.53 bits per heavy atom. The summed E-state index contributed by atoms with van der Waals surface area (Å²) in [6.45, 7) is 4.02. The largest absolute Gasteiger partial charge is 0.392 e. The van der Waals surface area contributed by atoms with E-state index in [9.17, 15) is 5.11 Å². The average molecular weight is 251 g/mol. The minimum atomic E-state index is -0.287. The normalized spacial score (nSPS) is 25.8. The predicted octanol–water partition coefficient (Wildman–Crippen LogP) is 2.78. The molecule has 2 rings (SSSR count). The number of halogens is 1. The molecule has 2 N–H and O–H groups in total. The summed E-state index contributed by atoms with van der Waals surface area (Å²) in [5, 5.41) is 22.6. The van der Waals surface area contributed by atoms with Gasteiger partial charge in [-0.3, -0.25) is 0 Å². The first kappa shape index (κ1) is 12.2. The van der Waals surface area contributed by atoms with E-state index in [1.165, 1.54) is 0 Å². The van der Waals surface area contributed by atoms with Crippen molar-refractivity contribution < 1.29 is 5.11 Å². The Bertz CT molecular complexity index is 479. The maximum Gasteiger partial charge on any atom is 0.101 e. The van der Waals surface area contributed by atoms with Crippen molar-refractivity contribution in [2.24, 2.45) is 5.41 Å². The number of aliphatic hydroxyl groups is 1. The van der Waals surface area contributed by atoms with Crippen LogP contribution in [0.5, 0.6) is 0 Å². The number of rotatable bonds is 2. The summed E-state index contributed by atoms with van der Waals surface area (Å²) in [5.74, 6) is 0. The molecule has 1 aromatic carbocycles. The maximum atomic E-state index is 9.67. The fraction of sp³-hybridized carbons (Fsp3) is 0.462. The highest BCUT2D eigenvalue weighted by atomic mass is 35.5. The van der Waals surface area contributed by atoms with E-state index in [0.29, 0.717) is 17.0 Å². The van der Waals surface area contributed by atoms with E-state index in [-0.39, 0.29) is 17.6 Å². The molecule has 0 heterocycles. The molecule has 1 aliphatic carbocycles. The fourth-order valence-electron chi connectivity index (χ4n) is 2.07. The van der Waals surface area contributed by atoms with Gasteiger partial charge in [-0.15, -0.1) is 0 Å². The van der Waals surface area contributed by atoms with Gasteiger partial charge in [0.25, 0.3) is 0 Å². The topological polar surface area (TPSA) is 56.0 Å². The molecule has 0 aromatic heterocycles. The van der Waals surface area contributed by atoms with Crippen LogP contribution in [0.15, 0.2) is 18.2 Å². The molecule has 2 atom stereocenters. The van der Waals surface area contributed by atoms with Crippen LogP contribution in [0.4, 0.5) is 5.69 Å². The van der Waals surface area contributed by atoms with Crippen LogP contribution in [-0.4, -0.2) is 17.3 Å². The molecule has 1 fully saturated rings. The van der Waals surface area contributed by atoms with Gasteiger partial charge < -0.3 is 10.4 Å². The third kappa shape index (κ3) is 2.11. The van der Waals surface area contributed by atoms with Crippen LogP contribution in [-0.2, 0) is 0 Å². The van der Waals surface area contributed by atoms with Crippen molar-refractivity contribution >= 4 is 17.3 Å². The third-order valence-corrected chi connectivity index (χ3v) is 3.88. The van der Waals surface area contributed by atoms with Gasteiger partial charge in [-0.2, -0.15) is 5.26 Å². The van der Waals surface area contributed by atoms with Gasteiger partial charge >= 0.3 is 0 Å². The van der Waals surface area contributed by atoms with Crippen molar-refractivity contribution in [1.82, 2.24) is 0 Å². The monoisotopic (exact) mass is 250 g/mol. The lowest BCUT2D eigenvalue weighted by atomic mass is 9.64. The zero-order valence-electron chi connectivity index (χ0n) is 9.87. The molecule has 0 spiro atoms. The maximum absolute atomic E-state index is 9.67. The van der Waals surface area contributed by atoms with Gasteiger partial charge in [0.15, 0.2) is 0 Å². The van der Waals surface area contributed by atoms with Crippen LogP contribution >= 0.6 is 11.6 Å². The Labute approximate surface area is 106 Å². The van der Waals surface area contributed by atoms with Crippen LogP contribution in [0, 0.1) is 16.7 Å². The molecule has 17 heavy (non-hydrogen) atoms. The number of aliphatic hydroxyl groups excluding tert-OH is 1. The zero-order chi connectivity index (χ0) is 12.6. The van der Waals surface area contributed by atoms with E-state index in [1.807, 2.05) is 13.8 Å². The number of nitrogens with zero attached hydrogens (tertiary/aromatic N) is 1. The molecule has 3 nitrogen and oxygen atoms in total. The molecule has 0 amide bonds. The average Bonchev–Trinajstić information content (AvgIpc) is 2.29. The first-order chi connectivity index (χ1) is 7.95. The second-order valence-electron chi connectivity index (χ2n) is 5.07. The predicted molar refractivity (Wildman–Crippen MR) is 68.0 cm³/mol. The van der Waals surface area contributed by atoms with Gasteiger partial charge in [0.1, 0.15) is 6.07 Å². The number of hydrogen-bond donors (Lipinski definition) is 2. The quantitative estimate of drug-likeness (QED) is 0.849. The Morgan fingerprint density at radius 2 is 2.24 bits per heavy atom. The Kier molecular flexibility index (Phi) is 3.03. The number of benzene rings is 1. The first-order valence-electron chi connectivity index (χ1n) is 5.59. The van der Waals surface area contributed by atoms with Gasteiger partial charge in [0.2, 0.25) is 0 Å². The van der Waals surface area contributed by atoms with Gasteiger partial charge in [-0.1, -0.05) is 25.4 Å². The third-order valence-electron chi connectivity index (χ3n) is 3.65. The summed E-state index contributed by atoms with van der Waals surface area (Å²) in [6, 6.07) is 7.45. The molecule has 1 aromatic rings. The summed E-state index contributed by atoms with van der Waals surface area (Å²) in [5.41, 5.74) is 1.14. The minimum Gasteiger partial charge on any atom is -0.392 e. The smallest absolute Gasteiger partial charge is 0.101 e. The second kappa shape index (κ2) is 4.21. The lowest BCUT2D eigenvalue weighted by molar-refractivity contribution is -0.0510. The molecular formula is C13H15ClN2O. The van der Waals surface area contributed by atoms with Crippen molar-refractivity contribution in [2.75, 3.05) is 5.32 Å². The van der Waals surface area contributed by atoms with Gasteiger partial charge in [0, 0.05) is 16.5 Å². The number of nitrogens with one attached hydrogen (secondary N) is 1. The summed E-state index contributed by atoms with van der Waals surface area (Å²) in [4.78, 5) is 0. The molecule has 0 aliphatic heterocycles. The van der Waals surface area contributed by atoms with Crippen molar-refractivity contribution in [2.45, 2.75) is 32.4 Å². The summed E-state index contributed by atoms with van der Waals surface area (Å²) >= 11 is 5.92. The van der Waals surface area contributed by atoms with Gasteiger partial charge in [0.05, 0.1) is 17.4 Å². The second-order valence-corrected chi connectivity index (χ2v) is 5.51. The molecule has 0 radical (unpaired) electrons. The van der Waals surface area contributed by atoms with Crippen LogP contribution < -0.4 is 5.32 Å². The molecule has 1 aliphatic rings. The Balaban J connectivity index is 2.20. The number of nitriles is 1. The van der Waals surface area contributed by atoms with Crippen LogP contribution in [0.2, 0.25) is 5.02 Å². The van der Waals surface area contributed by atoms with E-state index in [4.69, 9.17) is 16.9 Å². The molecule has 2 unspecified atom stereocenters. The fourth-order valence-corrected chi connectivity index (χ4v) is 2.24.